The monoisotopic (exact) mass is 379 g/mol. The van der Waals surface area contributed by atoms with Gasteiger partial charge in [0.05, 0.1) is 29.0 Å². The third-order valence-corrected chi connectivity index (χ3v) is 5.37. The number of hydrogen-bond acceptors (Lipinski definition) is 3. The maximum Gasteiger partial charge on any atom is 0.193 e. The van der Waals surface area contributed by atoms with E-state index in [-0.39, 0.29) is 11.5 Å². The van der Waals surface area contributed by atoms with Gasteiger partial charge in [0.15, 0.2) is 11.6 Å². The van der Waals surface area contributed by atoms with E-state index in [1.165, 1.54) is 18.2 Å². The van der Waals surface area contributed by atoms with Crippen LogP contribution in [-0.4, -0.2) is 16.6 Å². The third kappa shape index (κ3) is 2.68. The first-order chi connectivity index (χ1) is 13.5. The van der Waals surface area contributed by atoms with Gasteiger partial charge in [0, 0.05) is 19.5 Å². The zero-order chi connectivity index (χ0) is 19.4. The second-order valence-electron chi connectivity index (χ2n) is 7.33. The van der Waals surface area contributed by atoms with E-state index in [9.17, 15) is 8.78 Å². The lowest BCUT2D eigenvalue weighted by atomic mass is 10.1. The molecule has 6 heteroatoms. The maximum absolute atomic E-state index is 14.6. The van der Waals surface area contributed by atoms with Crippen molar-refractivity contribution < 1.29 is 13.5 Å². The molecule has 0 unspecified atom stereocenters. The Morgan fingerprint density at radius 1 is 1.18 bits per heavy atom. The fourth-order valence-electron chi connectivity index (χ4n) is 3.71. The van der Waals surface area contributed by atoms with E-state index in [2.05, 4.69) is 11.6 Å². The minimum Gasteiger partial charge on any atom is -0.439 e. The molecule has 28 heavy (non-hydrogen) atoms. The number of halogens is 2. The lowest BCUT2D eigenvalue weighted by Crippen LogP contribution is -2.12. The van der Waals surface area contributed by atoms with Crippen LogP contribution in [0.2, 0.25) is 0 Å². The van der Waals surface area contributed by atoms with Gasteiger partial charge in [0.1, 0.15) is 11.6 Å². The summed E-state index contributed by atoms with van der Waals surface area (Å²) in [6.45, 7) is 4.33. The average Bonchev–Trinajstić information content (AvgIpc) is 3.38. The van der Waals surface area contributed by atoms with E-state index in [1.54, 1.807) is 6.33 Å². The molecule has 142 valence electrons. The zero-order valence-corrected chi connectivity index (χ0v) is 15.5. The second kappa shape index (κ2) is 6.19. The summed E-state index contributed by atoms with van der Waals surface area (Å²) in [5.41, 5.74) is 3.22. The van der Waals surface area contributed by atoms with Gasteiger partial charge in [-0.15, -0.1) is 0 Å². The van der Waals surface area contributed by atoms with Crippen molar-refractivity contribution in [2.24, 2.45) is 0 Å². The highest BCUT2D eigenvalue weighted by Gasteiger charge is 2.32. The number of rotatable bonds is 4. The molecule has 0 radical (unpaired) electrons. The first-order valence-corrected chi connectivity index (χ1v) is 9.25. The summed E-state index contributed by atoms with van der Waals surface area (Å²) in [4.78, 5) is 6.39. The molecule has 0 N–H and O–H groups in total. The predicted octanol–water partition coefficient (Wildman–Crippen LogP) is 5.05. The molecule has 0 amide bonds. The van der Waals surface area contributed by atoms with Crippen LogP contribution in [0.15, 0.2) is 55.2 Å². The van der Waals surface area contributed by atoms with Crippen LogP contribution in [0.1, 0.15) is 30.0 Å². The molecule has 0 saturated heterocycles. The third-order valence-electron chi connectivity index (χ3n) is 5.37. The average molecular weight is 379 g/mol. The van der Waals surface area contributed by atoms with Crippen molar-refractivity contribution in [1.82, 2.24) is 9.55 Å². The quantitative estimate of drug-likeness (QED) is 0.635. The fourth-order valence-corrected chi connectivity index (χ4v) is 3.71. The Bertz CT molecular complexity index is 1080. The maximum atomic E-state index is 14.6. The molecule has 2 aromatic carbocycles. The van der Waals surface area contributed by atoms with Crippen molar-refractivity contribution >= 4 is 5.69 Å². The first kappa shape index (κ1) is 17.0. The van der Waals surface area contributed by atoms with Gasteiger partial charge in [0.25, 0.3) is 0 Å². The van der Waals surface area contributed by atoms with Crippen molar-refractivity contribution in [3.05, 3.63) is 78.1 Å². The van der Waals surface area contributed by atoms with E-state index in [1.807, 2.05) is 34.7 Å². The van der Waals surface area contributed by atoms with Crippen LogP contribution in [0.25, 0.3) is 11.3 Å². The van der Waals surface area contributed by atoms with E-state index in [0.29, 0.717) is 18.1 Å². The number of nitrogens with zero attached hydrogens (tertiary/aromatic N) is 3. The highest BCUT2D eigenvalue weighted by Crippen LogP contribution is 2.45. The van der Waals surface area contributed by atoms with Gasteiger partial charge in [-0.2, -0.15) is 0 Å². The van der Waals surface area contributed by atoms with Crippen LogP contribution in [-0.2, 0) is 6.54 Å². The standard InChI is InChI=1S/C22H19F2N3O/c1-13-26(2)18-10-14(6-9-19(18)28-13)11-27-12-25-21(15-7-8-15)22(27)20-16(23)4-3-5-17(20)24/h3-6,9-10,12,15H,1,7-8,11H2,2H3. The number of anilines is 1. The number of aromatic nitrogens is 2. The summed E-state index contributed by atoms with van der Waals surface area (Å²) in [5.74, 6) is 0.461. The van der Waals surface area contributed by atoms with E-state index >= 15 is 0 Å². The molecule has 3 aromatic rings. The van der Waals surface area contributed by atoms with Crippen LogP contribution in [0.4, 0.5) is 14.5 Å². The Morgan fingerprint density at radius 3 is 2.64 bits per heavy atom. The van der Waals surface area contributed by atoms with Crippen molar-refractivity contribution in [3.8, 4) is 17.0 Å². The van der Waals surface area contributed by atoms with Crippen LogP contribution < -0.4 is 9.64 Å². The highest BCUT2D eigenvalue weighted by molar-refractivity contribution is 5.68. The lowest BCUT2D eigenvalue weighted by molar-refractivity contribution is 0.446. The number of fused-ring (bicyclic) bond motifs is 1. The Morgan fingerprint density at radius 2 is 1.93 bits per heavy atom. The molecule has 0 atom stereocenters. The molecule has 1 aliphatic heterocycles. The minimum atomic E-state index is -0.568. The predicted molar refractivity (Wildman–Crippen MR) is 103 cm³/mol. The largest absolute Gasteiger partial charge is 0.439 e. The van der Waals surface area contributed by atoms with Crippen molar-refractivity contribution in [2.75, 3.05) is 11.9 Å². The molecule has 0 spiro atoms. The van der Waals surface area contributed by atoms with Gasteiger partial charge in [0.2, 0.25) is 0 Å². The normalized spacial score (nSPS) is 15.7. The van der Waals surface area contributed by atoms with Gasteiger partial charge < -0.3 is 14.2 Å². The lowest BCUT2D eigenvalue weighted by Gasteiger charge is -2.14. The summed E-state index contributed by atoms with van der Waals surface area (Å²) < 4.78 is 36.6. The molecule has 1 aromatic heterocycles. The summed E-state index contributed by atoms with van der Waals surface area (Å²) in [6.07, 6.45) is 3.69. The van der Waals surface area contributed by atoms with E-state index in [4.69, 9.17) is 4.74 Å². The fraction of sp³-hybridized carbons (Fsp3) is 0.227. The molecular formula is C22H19F2N3O. The van der Waals surface area contributed by atoms with Crippen LogP contribution in [0, 0.1) is 11.6 Å². The SMILES string of the molecule is C=C1Oc2ccc(Cn3cnc(C4CC4)c3-c3c(F)cccc3F)cc2N1C. The topological polar surface area (TPSA) is 30.3 Å². The second-order valence-corrected chi connectivity index (χ2v) is 7.33. The molecule has 0 bridgehead atoms. The van der Waals surface area contributed by atoms with Gasteiger partial charge in [-0.1, -0.05) is 12.1 Å². The minimum absolute atomic E-state index is 0.00288. The molecular weight excluding hydrogens is 360 g/mol. The van der Waals surface area contributed by atoms with Crippen LogP contribution >= 0.6 is 0 Å². The molecule has 1 aliphatic carbocycles. The first-order valence-electron chi connectivity index (χ1n) is 9.25. The molecule has 4 nitrogen and oxygen atoms in total. The number of hydrogen-bond donors (Lipinski definition) is 0. The van der Waals surface area contributed by atoms with Gasteiger partial charge in [-0.05, 0) is 49.2 Å². The zero-order valence-electron chi connectivity index (χ0n) is 15.5. The molecule has 1 fully saturated rings. The van der Waals surface area contributed by atoms with Crippen molar-refractivity contribution in [2.45, 2.75) is 25.3 Å². The van der Waals surface area contributed by atoms with Gasteiger partial charge >= 0.3 is 0 Å². The summed E-state index contributed by atoms with van der Waals surface area (Å²) >= 11 is 0. The molecule has 5 rings (SSSR count). The Kier molecular flexibility index (Phi) is 3.75. The van der Waals surface area contributed by atoms with Crippen LogP contribution in [0.3, 0.4) is 0 Å². The summed E-state index contributed by atoms with van der Waals surface area (Å²) in [7, 11) is 1.89. The highest BCUT2D eigenvalue weighted by atomic mass is 19.1. The Labute approximate surface area is 161 Å². The van der Waals surface area contributed by atoms with Gasteiger partial charge in [-0.3, -0.25) is 0 Å². The Hall–Kier alpha value is -3.15. The molecule has 2 aliphatic rings. The van der Waals surface area contributed by atoms with Crippen LogP contribution in [0.5, 0.6) is 5.75 Å². The van der Waals surface area contributed by atoms with E-state index in [0.717, 1.165) is 35.5 Å². The Balaban J connectivity index is 1.58. The van der Waals surface area contributed by atoms with Crippen molar-refractivity contribution in [1.29, 1.82) is 0 Å². The van der Waals surface area contributed by atoms with E-state index < -0.39 is 11.6 Å². The number of benzene rings is 2. The molecule has 2 heterocycles. The molecule has 1 saturated carbocycles. The smallest absolute Gasteiger partial charge is 0.193 e. The number of ether oxygens (including phenoxy) is 1. The summed E-state index contributed by atoms with van der Waals surface area (Å²) in [5, 5.41) is 0. The van der Waals surface area contributed by atoms with Crippen molar-refractivity contribution in [3.63, 3.8) is 0 Å². The summed E-state index contributed by atoms with van der Waals surface area (Å²) in [6, 6.07) is 9.81. The van der Waals surface area contributed by atoms with Gasteiger partial charge in [-0.25, -0.2) is 13.8 Å². The number of imidazole rings is 1.